The molecule has 0 bridgehead atoms. The minimum atomic E-state index is -1.18. The van der Waals surface area contributed by atoms with Crippen molar-refractivity contribution in [3.05, 3.63) is 205 Å². The lowest BCUT2D eigenvalue weighted by Gasteiger charge is -2.11. The number of benzene rings is 8. The van der Waals surface area contributed by atoms with Gasteiger partial charge in [0, 0.05) is 33.2 Å². The quantitative estimate of drug-likeness (QED) is 0.164. The van der Waals surface area contributed by atoms with Gasteiger partial charge in [-0.05, 0) is 81.7 Å². The summed E-state index contributed by atoms with van der Waals surface area (Å²) in [6.45, 7) is 0. The lowest BCUT2D eigenvalue weighted by molar-refractivity contribution is 1.07. The summed E-state index contributed by atoms with van der Waals surface area (Å²) in [5.41, 5.74) is -10.1. The zero-order valence-corrected chi connectivity index (χ0v) is 27.3. The van der Waals surface area contributed by atoms with Crippen molar-refractivity contribution in [2.75, 3.05) is 0 Å². The molecule has 0 aliphatic carbocycles. The van der Waals surface area contributed by atoms with Gasteiger partial charge < -0.3 is 4.57 Å². The third-order valence-corrected chi connectivity index (χ3v) is 7.80. The molecule has 0 N–H and O–H groups in total. The highest BCUT2D eigenvalue weighted by Crippen LogP contribution is 2.36. The minimum absolute atomic E-state index is 0.619. The summed E-state index contributed by atoms with van der Waals surface area (Å²) in [6, 6.07) is -34.0. The topological polar surface area (TPSA) is 43.6 Å². The van der Waals surface area contributed by atoms with Gasteiger partial charge in [0.15, 0.2) is 17.5 Å². The molecule has 0 saturated carbocycles. The zero-order chi connectivity index (χ0) is 66.1. The molecule has 0 aliphatic heterocycles. The third-order valence-electron chi connectivity index (χ3n) is 7.80. The lowest BCUT2D eigenvalue weighted by atomic mass is 9.99. The van der Waals surface area contributed by atoms with Gasteiger partial charge in [-0.1, -0.05) is 157 Å². The van der Waals surface area contributed by atoms with Gasteiger partial charge in [0.2, 0.25) is 0 Å². The molecule has 2 aromatic heterocycles. The molecular weight excluding hydrogens is 669 g/mol. The summed E-state index contributed by atoms with van der Waals surface area (Å²) < 4.78 is 302. The Morgan fingerprint density at radius 1 is 0.291 bits per heavy atom. The molecule has 10 rings (SSSR count). The maximum absolute atomic E-state index is 9.58. The van der Waals surface area contributed by atoms with Crippen LogP contribution in [0.4, 0.5) is 0 Å². The van der Waals surface area contributed by atoms with Crippen molar-refractivity contribution < 1.29 is 46.6 Å². The maximum Gasteiger partial charge on any atom is 0.164 e. The first-order chi connectivity index (χ1) is 41.4. The Hall–Kier alpha value is -7.43. The molecule has 8 aromatic carbocycles. The Morgan fingerprint density at radius 2 is 0.691 bits per heavy atom. The Bertz CT molecular complexity index is 4820. The van der Waals surface area contributed by atoms with Gasteiger partial charge in [-0.15, -0.1) is 0 Å². The van der Waals surface area contributed by atoms with E-state index in [1.54, 1.807) is 0 Å². The molecule has 4 nitrogen and oxygen atoms in total. The highest BCUT2D eigenvalue weighted by Gasteiger charge is 2.16. The number of para-hydroxylation sites is 1. The van der Waals surface area contributed by atoms with Crippen LogP contribution in [0.3, 0.4) is 0 Å². The molecule has 258 valence electrons. The van der Waals surface area contributed by atoms with Crippen molar-refractivity contribution >= 4 is 21.8 Å². The molecule has 0 aliphatic rings. The van der Waals surface area contributed by atoms with Crippen molar-refractivity contribution in [2.24, 2.45) is 0 Å². The van der Waals surface area contributed by atoms with Crippen LogP contribution in [0.25, 0.3) is 95.0 Å². The predicted molar refractivity (Wildman–Crippen MR) is 227 cm³/mol. The van der Waals surface area contributed by atoms with Gasteiger partial charge in [-0.2, -0.15) is 0 Å². The largest absolute Gasteiger partial charge is 0.309 e. The molecule has 0 amide bonds. The monoisotopic (exact) mass is 736 g/mol. The molecule has 0 fully saturated rings. The first kappa shape index (κ1) is 12.6. The summed E-state index contributed by atoms with van der Waals surface area (Å²) in [7, 11) is 0. The second kappa shape index (κ2) is 13.8. The number of nitrogens with zero attached hydrogens (tertiary/aromatic N) is 4. The molecule has 0 radical (unpaired) electrons. The number of rotatable bonds is 7. The second-order valence-corrected chi connectivity index (χ2v) is 11.1. The predicted octanol–water partition coefficient (Wildman–Crippen LogP) is 13.0. The number of hydrogen-bond acceptors (Lipinski definition) is 3. The summed E-state index contributed by atoms with van der Waals surface area (Å²) in [5.74, 6) is -3.01. The van der Waals surface area contributed by atoms with Crippen LogP contribution in [0.2, 0.25) is 0 Å². The fourth-order valence-electron chi connectivity index (χ4n) is 5.36. The van der Waals surface area contributed by atoms with Crippen LogP contribution in [-0.2, 0) is 0 Å². The minimum Gasteiger partial charge on any atom is -0.309 e. The maximum atomic E-state index is 9.58. The van der Waals surface area contributed by atoms with E-state index in [9.17, 15) is 11.0 Å². The van der Waals surface area contributed by atoms with E-state index in [4.69, 9.17) is 35.6 Å². The van der Waals surface area contributed by atoms with E-state index < -0.39 is 300 Å². The van der Waals surface area contributed by atoms with Crippen LogP contribution in [0.15, 0.2) is 205 Å². The average Bonchev–Trinajstić information content (AvgIpc) is 1.60. The van der Waals surface area contributed by atoms with Crippen LogP contribution in [-0.4, -0.2) is 19.5 Å². The highest BCUT2D eigenvalue weighted by atomic mass is 15.0. The molecule has 55 heavy (non-hydrogen) atoms. The molecule has 0 saturated heterocycles. The number of fused-ring (bicyclic) bond motifs is 3. The highest BCUT2D eigenvalue weighted by molar-refractivity contribution is 6.10. The van der Waals surface area contributed by atoms with Gasteiger partial charge in [0.25, 0.3) is 0 Å². The fourth-order valence-corrected chi connectivity index (χ4v) is 5.36. The van der Waals surface area contributed by atoms with E-state index >= 15 is 0 Å². The Balaban J connectivity index is 1.31. The molecular formula is C51H34N4. The van der Waals surface area contributed by atoms with E-state index in [2.05, 4.69) is 15.0 Å². The van der Waals surface area contributed by atoms with Crippen molar-refractivity contribution in [1.29, 1.82) is 0 Å². The van der Waals surface area contributed by atoms with Crippen molar-refractivity contribution in [2.45, 2.75) is 0 Å². The van der Waals surface area contributed by atoms with E-state index in [0.717, 1.165) is 0 Å². The van der Waals surface area contributed by atoms with Crippen molar-refractivity contribution in [1.82, 2.24) is 19.5 Å². The van der Waals surface area contributed by atoms with Gasteiger partial charge in [0.1, 0.15) is 0 Å². The summed E-state index contributed by atoms with van der Waals surface area (Å²) >= 11 is 0. The second-order valence-electron chi connectivity index (χ2n) is 11.1. The molecule has 10 aromatic rings. The number of hydrogen-bond donors (Lipinski definition) is 0. The van der Waals surface area contributed by atoms with Crippen LogP contribution in [0.1, 0.15) is 46.6 Å². The van der Waals surface area contributed by atoms with Crippen LogP contribution in [0, 0.1) is 0 Å². The lowest BCUT2D eigenvalue weighted by Crippen LogP contribution is -2.00. The van der Waals surface area contributed by atoms with E-state index in [-0.39, 0.29) is 0 Å². The van der Waals surface area contributed by atoms with Crippen LogP contribution >= 0.6 is 0 Å². The van der Waals surface area contributed by atoms with Crippen molar-refractivity contribution in [3.63, 3.8) is 0 Å². The van der Waals surface area contributed by atoms with Gasteiger partial charge in [0.05, 0.1) is 57.6 Å². The Labute approximate surface area is 367 Å². The number of aromatic nitrogens is 4. The van der Waals surface area contributed by atoms with E-state index in [1.807, 2.05) is 0 Å². The Morgan fingerprint density at radius 3 is 1.35 bits per heavy atom. The van der Waals surface area contributed by atoms with E-state index in [1.165, 1.54) is 0 Å². The summed E-state index contributed by atoms with van der Waals surface area (Å²) in [5, 5.41) is -1.25. The van der Waals surface area contributed by atoms with Gasteiger partial charge in [-0.25, -0.2) is 15.0 Å². The van der Waals surface area contributed by atoms with Gasteiger partial charge in [-0.3, -0.25) is 0 Å². The molecule has 4 heteroatoms. The summed E-state index contributed by atoms with van der Waals surface area (Å²) in [4.78, 5) is 12.8. The summed E-state index contributed by atoms with van der Waals surface area (Å²) in [6.07, 6.45) is 0. The van der Waals surface area contributed by atoms with Gasteiger partial charge >= 0.3 is 0 Å². The van der Waals surface area contributed by atoms with Crippen molar-refractivity contribution in [3.8, 4) is 73.2 Å². The molecule has 0 atom stereocenters. The molecule has 2 heterocycles. The first-order valence-corrected chi connectivity index (χ1v) is 15.8. The fraction of sp³-hybridized carbons (Fsp3) is 0. The zero-order valence-electron chi connectivity index (χ0n) is 61.3. The Kier molecular flexibility index (Phi) is 3.17. The SMILES string of the molecule is [2H]c1c([2H])c([2H])c(-c2nc(-c3c([2H])c([2H])c(-n4c5c([2H])c([2H])c([2H])c([2H])c5c5c([2H])c(-c6c([2H])c([2H])c([2H])c([2H])c6[2H])c([2H])c([2H])c54)c([2H])c3[2H])nc(-c3c([2H])c([2H])c([2H])c(-c4c([2H])c([2H])c(-c5c([2H])c([2H])c([2H])c([2H])c5[2H])c([2H])c4[2H])c3[2H])n2)c([2H])c1[2H]. The smallest absolute Gasteiger partial charge is 0.164 e. The molecule has 0 unspecified atom stereocenters. The van der Waals surface area contributed by atoms with Crippen LogP contribution < -0.4 is 0 Å². The normalized spacial score (nSPS) is 19.9. The first-order valence-electron chi connectivity index (χ1n) is 32.8. The third kappa shape index (κ3) is 6.16. The molecule has 0 spiro atoms. The standard InChI is InChI=1S/C51H34N4/c1-4-13-35(14-5-1)37-23-25-38(26-24-37)41-19-12-20-43(33-41)51-53-49(39-17-8-3-9-18-39)52-50(54-51)40-27-30-44(31-28-40)55-47-22-11-10-21-45(47)46-34-42(29-32-48(46)55)36-15-6-2-7-16-36/h1-34H/i1D,2D,3D,4D,5D,6D,7D,8D,9D,10D,11D,12D,13D,14D,15D,16D,17D,18D,19D,20D,21D,22D,23D,24D,25D,26D,27D,28D,29D,30D,31D,32D,33D,34D. The van der Waals surface area contributed by atoms with Crippen LogP contribution in [0.5, 0.6) is 0 Å². The average molecular weight is 737 g/mol. The van der Waals surface area contributed by atoms with E-state index in [0.29, 0.717) is 4.57 Å².